The van der Waals surface area contributed by atoms with E-state index in [1.165, 1.54) is 43.4 Å². The number of pyridine rings is 1. The molecule has 1 rings (SSSR count). The summed E-state index contributed by atoms with van der Waals surface area (Å²) in [6.45, 7) is 3.20. The van der Waals surface area contributed by atoms with Crippen LogP contribution in [0.3, 0.4) is 0 Å². The highest BCUT2D eigenvalue weighted by molar-refractivity contribution is 5.69. The van der Waals surface area contributed by atoms with Crippen LogP contribution < -0.4 is 26.3 Å². The molecular formula is C16H27BrN2O2. The van der Waals surface area contributed by atoms with E-state index >= 15 is 0 Å². The smallest absolute Gasteiger partial charge is 0.414 e. The van der Waals surface area contributed by atoms with E-state index < -0.39 is 0 Å². The molecule has 0 radical (unpaired) electrons. The average molecular weight is 359 g/mol. The summed E-state index contributed by atoms with van der Waals surface area (Å²) in [7, 11) is 3.35. The number of carbonyl (C=O) groups is 1. The lowest BCUT2D eigenvalue weighted by Gasteiger charge is -2.09. The first kappa shape index (κ1) is 19.9. The molecule has 4 nitrogen and oxygen atoms in total. The molecule has 1 aromatic heterocycles. The highest BCUT2D eigenvalue weighted by Gasteiger charge is 2.09. The van der Waals surface area contributed by atoms with Gasteiger partial charge < -0.3 is 26.6 Å². The molecule has 0 N–H and O–H groups in total. The monoisotopic (exact) mass is 358 g/mol. The molecule has 0 fully saturated rings. The second-order valence-corrected chi connectivity index (χ2v) is 5.31. The zero-order valence-electron chi connectivity index (χ0n) is 13.3. The van der Waals surface area contributed by atoms with Crippen LogP contribution in [0.15, 0.2) is 24.5 Å². The first-order valence-electron chi connectivity index (χ1n) is 7.51. The summed E-state index contributed by atoms with van der Waals surface area (Å²) in [4.78, 5) is 12.9. The minimum atomic E-state index is -0.345. The topological polar surface area (TPSA) is 33.4 Å². The van der Waals surface area contributed by atoms with Gasteiger partial charge in [-0.05, 0) is 12.5 Å². The lowest BCUT2D eigenvalue weighted by Crippen LogP contribution is -3.00. The second-order valence-electron chi connectivity index (χ2n) is 5.31. The molecule has 0 aliphatic carbocycles. The van der Waals surface area contributed by atoms with Crippen molar-refractivity contribution in [1.82, 2.24) is 4.90 Å². The van der Waals surface area contributed by atoms with Crippen LogP contribution in [-0.4, -0.2) is 25.1 Å². The molecular weight excluding hydrogens is 332 g/mol. The zero-order chi connectivity index (χ0) is 14.8. The summed E-state index contributed by atoms with van der Waals surface area (Å²) >= 11 is 0. The van der Waals surface area contributed by atoms with Gasteiger partial charge in [-0.15, -0.1) is 0 Å². The summed E-state index contributed by atoms with van der Waals surface area (Å²) < 4.78 is 7.32. The third kappa shape index (κ3) is 8.71. The number of amides is 1. The van der Waals surface area contributed by atoms with Gasteiger partial charge in [0.15, 0.2) is 11.9 Å². The lowest BCUT2D eigenvalue weighted by atomic mass is 10.1. The normalized spacial score (nSPS) is 9.86. The molecule has 0 saturated heterocycles. The van der Waals surface area contributed by atoms with Crippen molar-refractivity contribution in [3.05, 3.63) is 24.5 Å². The number of halogens is 1. The van der Waals surface area contributed by atoms with Crippen molar-refractivity contribution >= 4 is 6.09 Å². The van der Waals surface area contributed by atoms with Crippen LogP contribution in [0, 0.1) is 0 Å². The molecule has 1 aromatic rings. The van der Waals surface area contributed by atoms with Crippen molar-refractivity contribution < 1.29 is 31.1 Å². The second kappa shape index (κ2) is 11.5. The van der Waals surface area contributed by atoms with E-state index in [1.54, 1.807) is 20.2 Å². The van der Waals surface area contributed by atoms with Crippen molar-refractivity contribution in [3.8, 4) is 5.75 Å². The Kier molecular flexibility index (Phi) is 10.9. The van der Waals surface area contributed by atoms with Gasteiger partial charge in [-0.3, -0.25) is 0 Å². The third-order valence-electron chi connectivity index (χ3n) is 3.17. The maximum atomic E-state index is 11.5. The van der Waals surface area contributed by atoms with E-state index in [-0.39, 0.29) is 23.1 Å². The number of nitrogens with zero attached hydrogens (tertiary/aromatic N) is 2. The fourth-order valence-electron chi connectivity index (χ4n) is 1.96. The molecule has 5 heteroatoms. The van der Waals surface area contributed by atoms with Crippen LogP contribution in [0.25, 0.3) is 0 Å². The number of unbranched alkanes of at least 4 members (excludes halogenated alkanes) is 5. The van der Waals surface area contributed by atoms with Crippen molar-refractivity contribution in [2.75, 3.05) is 14.1 Å². The highest BCUT2D eigenvalue weighted by atomic mass is 79.9. The van der Waals surface area contributed by atoms with E-state index in [9.17, 15) is 4.79 Å². The van der Waals surface area contributed by atoms with Crippen LogP contribution in [0.1, 0.15) is 45.4 Å². The standard InChI is InChI=1S/C16H27N2O2.BrH/c1-4-5-6-7-8-9-12-18-13-10-11-15(14-18)20-16(19)17(2)3;/h10-11,13-14H,4-9,12H2,1-3H3;1H/q+1;/p-1. The molecule has 0 aromatic carbocycles. The van der Waals surface area contributed by atoms with E-state index in [0.29, 0.717) is 5.75 Å². The number of hydrogen-bond donors (Lipinski definition) is 0. The number of rotatable bonds is 8. The number of ether oxygens (including phenoxy) is 1. The van der Waals surface area contributed by atoms with Crippen molar-refractivity contribution in [2.24, 2.45) is 0 Å². The Morgan fingerprint density at radius 1 is 1.19 bits per heavy atom. The quantitative estimate of drug-likeness (QED) is 0.497. The van der Waals surface area contributed by atoms with Gasteiger partial charge >= 0.3 is 6.09 Å². The molecule has 1 amide bonds. The maximum Gasteiger partial charge on any atom is 0.414 e. The Bertz CT molecular complexity index is 411. The zero-order valence-corrected chi connectivity index (χ0v) is 14.9. The van der Waals surface area contributed by atoms with Crippen LogP contribution in [-0.2, 0) is 6.54 Å². The molecule has 21 heavy (non-hydrogen) atoms. The molecule has 0 spiro atoms. The Labute approximate surface area is 138 Å². The largest absolute Gasteiger partial charge is 1.00 e. The molecule has 0 bridgehead atoms. The third-order valence-corrected chi connectivity index (χ3v) is 3.17. The Morgan fingerprint density at radius 3 is 2.52 bits per heavy atom. The van der Waals surface area contributed by atoms with Crippen LogP contribution >= 0.6 is 0 Å². The van der Waals surface area contributed by atoms with Gasteiger partial charge in [-0.1, -0.05) is 32.6 Å². The number of carbonyl (C=O) groups excluding carboxylic acids is 1. The first-order valence-corrected chi connectivity index (χ1v) is 7.51. The Balaban J connectivity index is 0.00000400. The number of aromatic nitrogens is 1. The molecule has 0 aliphatic rings. The van der Waals surface area contributed by atoms with Gasteiger partial charge in [-0.2, -0.15) is 0 Å². The number of hydrogen-bond acceptors (Lipinski definition) is 2. The summed E-state index contributed by atoms with van der Waals surface area (Å²) in [6.07, 6.45) is 11.2. The van der Waals surface area contributed by atoms with E-state index in [0.717, 1.165) is 6.54 Å². The molecule has 120 valence electrons. The molecule has 0 aliphatic heterocycles. The van der Waals surface area contributed by atoms with Crippen LogP contribution in [0.5, 0.6) is 5.75 Å². The average Bonchev–Trinajstić information content (AvgIpc) is 2.43. The highest BCUT2D eigenvalue weighted by Crippen LogP contribution is 2.08. The summed E-state index contributed by atoms with van der Waals surface area (Å²) in [6, 6.07) is 3.72. The summed E-state index contributed by atoms with van der Waals surface area (Å²) in [5, 5.41) is 0. The van der Waals surface area contributed by atoms with Gasteiger partial charge in [-0.25, -0.2) is 9.36 Å². The molecule has 1 heterocycles. The maximum absolute atomic E-state index is 11.5. The SMILES string of the molecule is CCCCCCCC[n+]1cccc(OC(=O)N(C)C)c1.[Br-]. The van der Waals surface area contributed by atoms with E-state index in [4.69, 9.17) is 4.74 Å². The van der Waals surface area contributed by atoms with E-state index in [2.05, 4.69) is 11.5 Å². The molecule has 0 saturated carbocycles. The Morgan fingerprint density at radius 2 is 1.86 bits per heavy atom. The predicted molar refractivity (Wildman–Crippen MR) is 79.7 cm³/mol. The van der Waals surface area contributed by atoms with Gasteiger partial charge in [0.1, 0.15) is 6.54 Å². The summed E-state index contributed by atoms with van der Waals surface area (Å²) in [5.74, 6) is 0.595. The van der Waals surface area contributed by atoms with Crippen molar-refractivity contribution in [3.63, 3.8) is 0 Å². The summed E-state index contributed by atoms with van der Waals surface area (Å²) in [5.41, 5.74) is 0. The van der Waals surface area contributed by atoms with E-state index in [1.807, 2.05) is 18.5 Å². The van der Waals surface area contributed by atoms with Crippen LogP contribution in [0.2, 0.25) is 0 Å². The number of aryl methyl sites for hydroxylation is 1. The fraction of sp³-hybridized carbons (Fsp3) is 0.625. The van der Waals surface area contributed by atoms with Gasteiger partial charge in [0.2, 0.25) is 6.20 Å². The first-order chi connectivity index (χ1) is 9.63. The predicted octanol–water partition coefficient (Wildman–Crippen LogP) is 0.399. The fourth-order valence-corrected chi connectivity index (χ4v) is 1.96. The lowest BCUT2D eigenvalue weighted by molar-refractivity contribution is -0.697. The van der Waals surface area contributed by atoms with Gasteiger partial charge in [0.25, 0.3) is 0 Å². The molecule has 0 unspecified atom stereocenters. The van der Waals surface area contributed by atoms with Gasteiger partial charge in [0, 0.05) is 26.6 Å². The Hall–Kier alpha value is -1.10. The molecule has 0 atom stereocenters. The van der Waals surface area contributed by atoms with Gasteiger partial charge in [0.05, 0.1) is 0 Å². The minimum Gasteiger partial charge on any atom is -1.00 e. The minimum absolute atomic E-state index is 0. The van der Waals surface area contributed by atoms with Crippen molar-refractivity contribution in [2.45, 2.75) is 52.0 Å². The van der Waals surface area contributed by atoms with Crippen LogP contribution in [0.4, 0.5) is 4.79 Å². The van der Waals surface area contributed by atoms with Crippen molar-refractivity contribution in [1.29, 1.82) is 0 Å².